The van der Waals surface area contributed by atoms with Crippen molar-refractivity contribution in [3.05, 3.63) is 30.1 Å². The summed E-state index contributed by atoms with van der Waals surface area (Å²) in [6.07, 6.45) is 4.35. The zero-order valence-corrected chi connectivity index (χ0v) is 12.0. The lowest BCUT2D eigenvalue weighted by atomic mass is 10.0. The molecule has 1 aromatic heterocycles. The highest BCUT2D eigenvalue weighted by atomic mass is 16.5. The Hall–Kier alpha value is -1.46. The van der Waals surface area contributed by atoms with Gasteiger partial charge in [-0.2, -0.15) is 0 Å². The molecule has 2 aliphatic heterocycles. The van der Waals surface area contributed by atoms with E-state index >= 15 is 0 Å². The van der Waals surface area contributed by atoms with Crippen molar-refractivity contribution in [3.8, 4) is 0 Å². The fourth-order valence-electron chi connectivity index (χ4n) is 3.29. The first kappa shape index (κ1) is 13.2. The second-order valence-electron chi connectivity index (χ2n) is 6.26. The number of aromatic nitrogens is 1. The molecule has 3 heterocycles. The molecular weight excluding hydrogens is 268 g/mol. The van der Waals surface area contributed by atoms with Crippen molar-refractivity contribution in [2.45, 2.75) is 25.0 Å². The van der Waals surface area contributed by atoms with Crippen molar-refractivity contribution in [2.24, 2.45) is 11.8 Å². The predicted octanol–water partition coefficient (Wildman–Crippen LogP) is 1.35. The van der Waals surface area contributed by atoms with Crippen LogP contribution in [0.1, 0.15) is 23.3 Å². The molecule has 4 rings (SSSR count). The zero-order chi connectivity index (χ0) is 14.2. The molecule has 1 saturated carbocycles. The first-order valence-corrected chi connectivity index (χ1v) is 7.74. The lowest BCUT2D eigenvalue weighted by Gasteiger charge is -2.21. The third-order valence-electron chi connectivity index (χ3n) is 4.74. The van der Waals surface area contributed by atoms with Crippen molar-refractivity contribution < 1.29 is 14.3 Å². The second kappa shape index (κ2) is 5.39. The molecule has 3 aliphatic rings. The molecule has 0 radical (unpaired) electrons. The lowest BCUT2D eigenvalue weighted by Crippen LogP contribution is -2.38. The smallest absolute Gasteiger partial charge is 0.272 e. The van der Waals surface area contributed by atoms with Crippen LogP contribution >= 0.6 is 0 Å². The monoisotopic (exact) mass is 288 g/mol. The van der Waals surface area contributed by atoms with Crippen molar-refractivity contribution in [2.75, 3.05) is 26.4 Å². The van der Waals surface area contributed by atoms with Gasteiger partial charge in [0.1, 0.15) is 5.69 Å². The maximum atomic E-state index is 12.6. The van der Waals surface area contributed by atoms with Gasteiger partial charge in [-0.05, 0) is 30.9 Å². The minimum atomic E-state index is -0.00591. The number of likely N-dealkylation sites (tertiary alicyclic amines) is 1. The summed E-state index contributed by atoms with van der Waals surface area (Å²) in [5, 5.41) is 0. The molecule has 3 atom stereocenters. The van der Waals surface area contributed by atoms with Crippen LogP contribution in [0.25, 0.3) is 0 Å². The van der Waals surface area contributed by atoms with E-state index in [1.165, 1.54) is 12.8 Å². The van der Waals surface area contributed by atoms with E-state index in [2.05, 4.69) is 4.98 Å². The molecule has 21 heavy (non-hydrogen) atoms. The minimum Gasteiger partial charge on any atom is -0.379 e. The van der Waals surface area contributed by atoms with Gasteiger partial charge in [-0.3, -0.25) is 9.78 Å². The number of carbonyl (C=O) groups is 1. The Labute approximate surface area is 124 Å². The lowest BCUT2D eigenvalue weighted by molar-refractivity contribution is 0.0140. The molecular formula is C16H20N2O3. The van der Waals surface area contributed by atoms with E-state index in [-0.39, 0.29) is 18.1 Å². The molecule has 5 heteroatoms. The fraction of sp³-hybridized carbons (Fsp3) is 0.625. The molecule has 0 spiro atoms. The SMILES string of the molecule is O=C(c1ccccn1)N1C[C@H](OCC2CC2)[C@H]2COC[C@H]21. The van der Waals surface area contributed by atoms with Crippen LogP contribution in [0.5, 0.6) is 0 Å². The number of amides is 1. The summed E-state index contributed by atoms with van der Waals surface area (Å²) >= 11 is 0. The summed E-state index contributed by atoms with van der Waals surface area (Å²) in [6, 6.07) is 5.58. The Bertz CT molecular complexity index is 518. The van der Waals surface area contributed by atoms with Gasteiger partial charge in [-0.25, -0.2) is 0 Å². The number of rotatable bonds is 4. The van der Waals surface area contributed by atoms with E-state index in [4.69, 9.17) is 9.47 Å². The number of hydrogen-bond acceptors (Lipinski definition) is 4. The van der Waals surface area contributed by atoms with Crippen LogP contribution in [0.4, 0.5) is 0 Å². The summed E-state index contributed by atoms with van der Waals surface area (Å²) in [4.78, 5) is 18.7. The molecule has 5 nitrogen and oxygen atoms in total. The van der Waals surface area contributed by atoms with Crippen LogP contribution < -0.4 is 0 Å². The number of hydrogen-bond donors (Lipinski definition) is 0. The normalized spacial score (nSPS) is 31.4. The van der Waals surface area contributed by atoms with Gasteiger partial charge in [0.25, 0.3) is 5.91 Å². The number of pyridine rings is 1. The minimum absolute atomic E-state index is 0.00591. The van der Waals surface area contributed by atoms with Gasteiger partial charge in [-0.15, -0.1) is 0 Å². The van der Waals surface area contributed by atoms with Crippen molar-refractivity contribution in [1.29, 1.82) is 0 Å². The van der Waals surface area contributed by atoms with E-state index in [1.54, 1.807) is 12.3 Å². The van der Waals surface area contributed by atoms with E-state index in [0.29, 0.717) is 31.4 Å². The number of carbonyl (C=O) groups excluding carboxylic acids is 1. The highest BCUT2D eigenvalue weighted by Gasteiger charge is 2.48. The van der Waals surface area contributed by atoms with Crippen LogP contribution in [-0.2, 0) is 9.47 Å². The third-order valence-corrected chi connectivity index (χ3v) is 4.74. The molecule has 0 aromatic carbocycles. The Kier molecular flexibility index (Phi) is 3.39. The van der Waals surface area contributed by atoms with Crippen LogP contribution in [0.3, 0.4) is 0 Å². The molecule has 1 aromatic rings. The molecule has 2 saturated heterocycles. The van der Waals surface area contributed by atoms with Crippen LogP contribution in [-0.4, -0.2) is 54.3 Å². The van der Waals surface area contributed by atoms with Gasteiger partial charge in [0.2, 0.25) is 0 Å². The standard InChI is InChI=1S/C16H20N2O3/c19-16(13-3-1-2-6-17-13)18-7-15(21-8-11-4-5-11)12-9-20-10-14(12)18/h1-3,6,11-12,14-15H,4-5,7-10H2/t12-,14+,15-/m0/s1. The van der Waals surface area contributed by atoms with Crippen molar-refractivity contribution in [3.63, 3.8) is 0 Å². The van der Waals surface area contributed by atoms with Gasteiger partial charge < -0.3 is 14.4 Å². The first-order chi connectivity index (χ1) is 10.3. The highest BCUT2D eigenvalue weighted by molar-refractivity contribution is 5.92. The summed E-state index contributed by atoms with van der Waals surface area (Å²) in [7, 11) is 0. The van der Waals surface area contributed by atoms with E-state index in [1.807, 2.05) is 17.0 Å². The maximum Gasteiger partial charge on any atom is 0.272 e. The van der Waals surface area contributed by atoms with Gasteiger partial charge in [0, 0.05) is 25.3 Å². The third kappa shape index (κ3) is 2.56. The molecule has 0 bridgehead atoms. The predicted molar refractivity (Wildman–Crippen MR) is 75.8 cm³/mol. The molecule has 0 unspecified atom stereocenters. The van der Waals surface area contributed by atoms with Gasteiger partial charge >= 0.3 is 0 Å². The summed E-state index contributed by atoms with van der Waals surface area (Å²) in [5.41, 5.74) is 0.506. The van der Waals surface area contributed by atoms with Gasteiger partial charge in [0.05, 0.1) is 25.4 Å². The summed E-state index contributed by atoms with van der Waals surface area (Å²) in [5.74, 6) is 1.05. The average molecular weight is 288 g/mol. The zero-order valence-electron chi connectivity index (χ0n) is 12.0. The van der Waals surface area contributed by atoms with Crippen LogP contribution in [0, 0.1) is 11.8 Å². The van der Waals surface area contributed by atoms with Crippen LogP contribution in [0.15, 0.2) is 24.4 Å². The number of fused-ring (bicyclic) bond motifs is 1. The molecule has 112 valence electrons. The average Bonchev–Trinajstić information content (AvgIpc) is 3.11. The quantitative estimate of drug-likeness (QED) is 0.839. The topological polar surface area (TPSA) is 51.7 Å². The highest BCUT2D eigenvalue weighted by Crippen LogP contribution is 2.35. The van der Waals surface area contributed by atoms with E-state index in [9.17, 15) is 4.79 Å². The Balaban J connectivity index is 1.48. The summed E-state index contributed by atoms with van der Waals surface area (Å²) in [6.45, 7) is 2.82. The van der Waals surface area contributed by atoms with Crippen molar-refractivity contribution >= 4 is 5.91 Å². The molecule has 0 N–H and O–H groups in total. The first-order valence-electron chi connectivity index (χ1n) is 7.74. The van der Waals surface area contributed by atoms with E-state index < -0.39 is 0 Å². The summed E-state index contributed by atoms with van der Waals surface area (Å²) < 4.78 is 11.6. The largest absolute Gasteiger partial charge is 0.379 e. The van der Waals surface area contributed by atoms with Gasteiger partial charge in [0.15, 0.2) is 0 Å². The Morgan fingerprint density at radius 1 is 1.38 bits per heavy atom. The Morgan fingerprint density at radius 3 is 3.05 bits per heavy atom. The number of ether oxygens (including phenoxy) is 2. The molecule has 1 amide bonds. The molecule has 1 aliphatic carbocycles. The van der Waals surface area contributed by atoms with Gasteiger partial charge in [-0.1, -0.05) is 6.07 Å². The van der Waals surface area contributed by atoms with Crippen LogP contribution in [0.2, 0.25) is 0 Å². The van der Waals surface area contributed by atoms with E-state index in [0.717, 1.165) is 12.5 Å². The fourth-order valence-corrected chi connectivity index (χ4v) is 3.29. The second-order valence-corrected chi connectivity index (χ2v) is 6.26. The Morgan fingerprint density at radius 2 is 2.29 bits per heavy atom. The maximum absolute atomic E-state index is 12.6. The molecule has 3 fully saturated rings. The number of nitrogens with zero attached hydrogens (tertiary/aromatic N) is 2. The van der Waals surface area contributed by atoms with Crippen molar-refractivity contribution in [1.82, 2.24) is 9.88 Å².